The maximum atomic E-state index is 12.7. The fourth-order valence-electron chi connectivity index (χ4n) is 2.46. The number of aryl methyl sites for hydroxylation is 2. The molecule has 0 atom stereocenters. The highest BCUT2D eigenvalue weighted by Gasteiger charge is 2.13. The summed E-state index contributed by atoms with van der Waals surface area (Å²) in [6.45, 7) is 3.98. The van der Waals surface area contributed by atoms with Gasteiger partial charge in [0.05, 0.1) is 16.9 Å². The van der Waals surface area contributed by atoms with Gasteiger partial charge in [-0.1, -0.05) is 48.5 Å². The fraction of sp³-hybridized carbons (Fsp3) is 0.0952. The van der Waals surface area contributed by atoms with Gasteiger partial charge < -0.3 is 0 Å². The molecule has 3 nitrogen and oxygen atoms in total. The average Bonchev–Trinajstić information content (AvgIpc) is 2.60. The van der Waals surface area contributed by atoms with Crippen molar-refractivity contribution in [1.29, 1.82) is 0 Å². The Morgan fingerprint density at radius 2 is 1.50 bits per heavy atom. The second-order valence-corrected chi connectivity index (χ2v) is 5.75. The predicted molar refractivity (Wildman–Crippen MR) is 96.4 cm³/mol. The van der Waals surface area contributed by atoms with Crippen molar-refractivity contribution in [3.63, 3.8) is 0 Å². The molecule has 3 rings (SSSR count). The molecule has 3 heteroatoms. The number of carbonyl (C=O) groups is 1. The molecule has 3 aromatic carbocycles. The minimum absolute atomic E-state index is 0.0474. The summed E-state index contributed by atoms with van der Waals surface area (Å²) in [7, 11) is 0. The highest BCUT2D eigenvalue weighted by atomic mass is 16.1. The van der Waals surface area contributed by atoms with Crippen LogP contribution < -0.4 is 0 Å². The van der Waals surface area contributed by atoms with E-state index in [4.69, 9.17) is 0 Å². The van der Waals surface area contributed by atoms with Crippen molar-refractivity contribution in [2.75, 3.05) is 0 Å². The molecule has 0 fully saturated rings. The third-order valence-electron chi connectivity index (χ3n) is 3.71. The Morgan fingerprint density at radius 3 is 2.25 bits per heavy atom. The maximum absolute atomic E-state index is 12.7. The van der Waals surface area contributed by atoms with Gasteiger partial charge in [-0.25, -0.2) is 0 Å². The lowest BCUT2D eigenvalue weighted by molar-refractivity contribution is 0.103. The van der Waals surface area contributed by atoms with E-state index < -0.39 is 0 Å². The first-order chi connectivity index (χ1) is 11.6. The number of ketones is 1. The molecule has 0 aliphatic carbocycles. The zero-order valence-electron chi connectivity index (χ0n) is 13.7. The summed E-state index contributed by atoms with van der Waals surface area (Å²) >= 11 is 0. The van der Waals surface area contributed by atoms with Crippen LogP contribution in [0.25, 0.3) is 0 Å². The van der Waals surface area contributed by atoms with Crippen LogP contribution in [-0.2, 0) is 0 Å². The van der Waals surface area contributed by atoms with E-state index in [1.165, 1.54) is 0 Å². The van der Waals surface area contributed by atoms with Gasteiger partial charge in [0.1, 0.15) is 0 Å². The number of hydrogen-bond acceptors (Lipinski definition) is 3. The molecule has 0 spiro atoms. The van der Waals surface area contributed by atoms with Crippen molar-refractivity contribution in [3.05, 3.63) is 95.1 Å². The standard InChI is InChI=1S/C21H18N2O/c1-15-7-6-10-18(13-15)22-23-20-14-16(2)11-12-19(20)21(24)17-8-4-3-5-9-17/h3-14H,1-2H3. The van der Waals surface area contributed by atoms with Crippen LogP contribution in [0.1, 0.15) is 27.0 Å². The molecule has 0 heterocycles. The lowest BCUT2D eigenvalue weighted by Gasteiger charge is -2.06. The summed E-state index contributed by atoms with van der Waals surface area (Å²) in [6, 6.07) is 22.6. The minimum Gasteiger partial charge on any atom is -0.289 e. The lowest BCUT2D eigenvalue weighted by atomic mass is 10.0. The first-order valence-electron chi connectivity index (χ1n) is 7.82. The average molecular weight is 314 g/mol. The van der Waals surface area contributed by atoms with Gasteiger partial charge in [0.15, 0.2) is 5.78 Å². The number of hydrogen-bond donors (Lipinski definition) is 0. The minimum atomic E-state index is -0.0474. The Hall–Kier alpha value is -3.07. The number of nitrogens with zero attached hydrogens (tertiary/aromatic N) is 2. The third-order valence-corrected chi connectivity index (χ3v) is 3.71. The lowest BCUT2D eigenvalue weighted by Crippen LogP contribution is -2.01. The summed E-state index contributed by atoms with van der Waals surface area (Å²) in [5, 5.41) is 8.62. The molecule has 0 saturated carbocycles. The first kappa shape index (κ1) is 15.8. The van der Waals surface area contributed by atoms with Crippen molar-refractivity contribution in [3.8, 4) is 0 Å². The van der Waals surface area contributed by atoms with E-state index in [0.717, 1.165) is 16.8 Å². The molecular weight excluding hydrogens is 296 g/mol. The van der Waals surface area contributed by atoms with Crippen LogP contribution in [0.4, 0.5) is 11.4 Å². The zero-order valence-corrected chi connectivity index (χ0v) is 13.7. The highest BCUT2D eigenvalue weighted by Crippen LogP contribution is 2.26. The van der Waals surface area contributed by atoms with Crippen molar-refractivity contribution < 1.29 is 4.79 Å². The van der Waals surface area contributed by atoms with Gasteiger partial charge in [0.25, 0.3) is 0 Å². The monoisotopic (exact) mass is 314 g/mol. The molecule has 0 unspecified atom stereocenters. The maximum Gasteiger partial charge on any atom is 0.195 e. The molecule has 0 saturated heterocycles. The van der Waals surface area contributed by atoms with Crippen LogP contribution in [0.5, 0.6) is 0 Å². The fourth-order valence-corrected chi connectivity index (χ4v) is 2.46. The SMILES string of the molecule is Cc1cccc(N=Nc2cc(C)ccc2C(=O)c2ccccc2)c1. The summed E-state index contributed by atoms with van der Waals surface area (Å²) in [4.78, 5) is 12.7. The van der Waals surface area contributed by atoms with Crippen molar-refractivity contribution in [2.45, 2.75) is 13.8 Å². The number of carbonyl (C=O) groups excluding carboxylic acids is 1. The second-order valence-electron chi connectivity index (χ2n) is 5.75. The van der Waals surface area contributed by atoms with Gasteiger partial charge >= 0.3 is 0 Å². The highest BCUT2D eigenvalue weighted by molar-refractivity contribution is 6.11. The Morgan fingerprint density at radius 1 is 0.750 bits per heavy atom. The van der Waals surface area contributed by atoms with Crippen molar-refractivity contribution in [1.82, 2.24) is 0 Å². The van der Waals surface area contributed by atoms with Crippen LogP contribution >= 0.6 is 0 Å². The van der Waals surface area contributed by atoms with Gasteiger partial charge in [-0.2, -0.15) is 5.11 Å². The van der Waals surface area contributed by atoms with Crippen molar-refractivity contribution >= 4 is 17.2 Å². The van der Waals surface area contributed by atoms with Gasteiger partial charge in [0, 0.05) is 5.56 Å². The number of azo groups is 1. The second kappa shape index (κ2) is 7.01. The van der Waals surface area contributed by atoms with Gasteiger partial charge in [-0.05, 0) is 49.2 Å². The van der Waals surface area contributed by atoms with Gasteiger partial charge in [-0.3, -0.25) is 4.79 Å². The van der Waals surface area contributed by atoms with Gasteiger partial charge in [0.2, 0.25) is 0 Å². The molecular formula is C21H18N2O. The van der Waals surface area contributed by atoms with Crippen LogP contribution in [0.15, 0.2) is 83.0 Å². The molecule has 0 aromatic heterocycles. The Kier molecular flexibility index (Phi) is 4.62. The molecule has 0 amide bonds. The molecule has 24 heavy (non-hydrogen) atoms. The molecule has 0 radical (unpaired) electrons. The van der Waals surface area contributed by atoms with E-state index in [-0.39, 0.29) is 5.78 Å². The largest absolute Gasteiger partial charge is 0.289 e. The predicted octanol–water partition coefficient (Wildman–Crippen LogP) is 5.95. The normalized spacial score (nSPS) is 10.9. The van der Waals surface area contributed by atoms with E-state index in [0.29, 0.717) is 16.8 Å². The topological polar surface area (TPSA) is 41.8 Å². The van der Waals surface area contributed by atoms with E-state index >= 15 is 0 Å². The summed E-state index contributed by atoms with van der Waals surface area (Å²) < 4.78 is 0. The molecule has 0 N–H and O–H groups in total. The van der Waals surface area contributed by atoms with Gasteiger partial charge in [-0.15, -0.1) is 5.11 Å². The quantitative estimate of drug-likeness (QED) is 0.433. The molecule has 0 bridgehead atoms. The Balaban J connectivity index is 1.98. The summed E-state index contributed by atoms with van der Waals surface area (Å²) in [5.41, 5.74) is 4.73. The van der Waals surface area contributed by atoms with E-state index in [9.17, 15) is 4.79 Å². The number of rotatable bonds is 4. The Bertz CT molecular complexity index is 899. The number of benzene rings is 3. The molecule has 0 aliphatic rings. The summed E-state index contributed by atoms with van der Waals surface area (Å²) in [5.74, 6) is -0.0474. The zero-order chi connectivity index (χ0) is 16.9. The Labute approximate surface area is 141 Å². The van der Waals surface area contributed by atoms with Crippen LogP contribution in [0.2, 0.25) is 0 Å². The van der Waals surface area contributed by atoms with Crippen molar-refractivity contribution in [2.24, 2.45) is 10.2 Å². The molecule has 118 valence electrons. The smallest absolute Gasteiger partial charge is 0.195 e. The first-order valence-corrected chi connectivity index (χ1v) is 7.82. The molecule has 0 aliphatic heterocycles. The van der Waals surface area contributed by atoms with E-state index in [2.05, 4.69) is 10.2 Å². The molecule has 3 aromatic rings. The summed E-state index contributed by atoms with van der Waals surface area (Å²) in [6.07, 6.45) is 0. The van der Waals surface area contributed by atoms with Crippen LogP contribution in [0.3, 0.4) is 0 Å². The van der Waals surface area contributed by atoms with Crippen LogP contribution in [0, 0.1) is 13.8 Å². The third kappa shape index (κ3) is 3.63. The van der Waals surface area contributed by atoms with E-state index in [1.54, 1.807) is 0 Å². The van der Waals surface area contributed by atoms with Crippen LogP contribution in [-0.4, -0.2) is 5.78 Å². The van der Waals surface area contributed by atoms with E-state index in [1.807, 2.05) is 86.6 Å².